The van der Waals surface area contributed by atoms with Gasteiger partial charge in [-0.25, -0.2) is 14.1 Å². The topological polar surface area (TPSA) is 83.6 Å². The van der Waals surface area contributed by atoms with Crippen molar-refractivity contribution in [2.75, 3.05) is 0 Å². The Labute approximate surface area is 192 Å². The predicted octanol–water partition coefficient (Wildman–Crippen LogP) is 5.15. The molecule has 0 unspecified atom stereocenters. The number of aryl methyl sites for hydroxylation is 1. The summed E-state index contributed by atoms with van der Waals surface area (Å²) >= 11 is 7.38. The highest BCUT2D eigenvalue weighted by Gasteiger charge is 2.14. The number of nitrogens with zero attached hydrogens (tertiary/aromatic N) is 4. The van der Waals surface area contributed by atoms with Crippen LogP contribution >= 0.6 is 22.9 Å². The van der Waals surface area contributed by atoms with Gasteiger partial charge >= 0.3 is 0 Å². The zero-order chi connectivity index (χ0) is 22.7. The summed E-state index contributed by atoms with van der Waals surface area (Å²) < 4.78 is 16.2. The Morgan fingerprint density at radius 1 is 1.28 bits per heavy atom. The lowest BCUT2D eigenvalue weighted by atomic mass is 10.1. The van der Waals surface area contributed by atoms with E-state index in [1.165, 1.54) is 17.4 Å². The number of rotatable bonds is 6. The molecule has 0 aliphatic heterocycles. The van der Waals surface area contributed by atoms with Crippen LogP contribution < -0.4 is 5.32 Å². The van der Waals surface area contributed by atoms with Crippen LogP contribution in [0.5, 0.6) is 0 Å². The number of hydrogen-bond donors (Lipinski definition) is 1. The summed E-state index contributed by atoms with van der Waals surface area (Å²) in [7, 11) is 0. The number of benzene rings is 2. The third kappa shape index (κ3) is 4.40. The van der Waals surface area contributed by atoms with Crippen LogP contribution in [-0.2, 0) is 13.0 Å². The molecular formula is C23H17ClFN5OS. The molecular weight excluding hydrogens is 449 g/mol. The second-order valence-electron chi connectivity index (χ2n) is 6.89. The van der Waals surface area contributed by atoms with Crippen LogP contribution in [0.15, 0.2) is 54.2 Å². The number of amides is 1. The van der Waals surface area contributed by atoms with Gasteiger partial charge in [0, 0.05) is 23.9 Å². The lowest BCUT2D eigenvalue weighted by Crippen LogP contribution is -2.23. The number of nitrogens with one attached hydrogen (secondary N) is 1. The van der Waals surface area contributed by atoms with Gasteiger partial charge in [-0.05, 0) is 36.8 Å². The first-order valence-electron chi connectivity index (χ1n) is 9.75. The van der Waals surface area contributed by atoms with Crippen LogP contribution in [0, 0.1) is 17.1 Å². The molecule has 4 rings (SSSR count). The Balaban J connectivity index is 1.48. The molecule has 160 valence electrons. The molecule has 0 atom stereocenters. The SMILES string of the molecule is CCc1ncsc1C(=O)NCc1ccc(-n2ccc(-c3ccc(C#N)c(Cl)c3)n2)cc1F. The Kier molecular flexibility index (Phi) is 6.30. The van der Waals surface area contributed by atoms with Crippen LogP contribution in [0.4, 0.5) is 4.39 Å². The maximum atomic E-state index is 14.7. The molecule has 0 bridgehead atoms. The molecule has 4 aromatic rings. The Bertz CT molecular complexity index is 1340. The van der Waals surface area contributed by atoms with Gasteiger partial charge in [0.2, 0.25) is 0 Å². The normalized spacial score (nSPS) is 10.7. The van der Waals surface area contributed by atoms with Gasteiger partial charge in [0.1, 0.15) is 16.8 Å². The van der Waals surface area contributed by atoms with Crippen molar-refractivity contribution < 1.29 is 9.18 Å². The minimum Gasteiger partial charge on any atom is -0.347 e. The molecule has 0 saturated carbocycles. The summed E-state index contributed by atoms with van der Waals surface area (Å²) in [5.41, 5.74) is 5.07. The molecule has 2 aromatic carbocycles. The first-order valence-corrected chi connectivity index (χ1v) is 11.0. The first-order chi connectivity index (χ1) is 15.5. The minimum atomic E-state index is -0.443. The fraction of sp³-hybridized carbons (Fsp3) is 0.130. The predicted molar refractivity (Wildman–Crippen MR) is 121 cm³/mol. The van der Waals surface area contributed by atoms with Crippen molar-refractivity contribution >= 4 is 28.8 Å². The molecule has 0 saturated heterocycles. The van der Waals surface area contributed by atoms with E-state index in [2.05, 4.69) is 15.4 Å². The molecule has 1 N–H and O–H groups in total. The van der Waals surface area contributed by atoms with Crippen LogP contribution in [0.1, 0.15) is 33.4 Å². The molecule has 1 amide bonds. The first kappa shape index (κ1) is 21.7. The number of thiazole rings is 1. The van der Waals surface area contributed by atoms with Gasteiger partial charge in [-0.3, -0.25) is 4.79 Å². The molecule has 0 aliphatic carbocycles. The summed E-state index contributed by atoms with van der Waals surface area (Å²) in [4.78, 5) is 17.1. The van der Waals surface area contributed by atoms with Gasteiger partial charge < -0.3 is 5.32 Å². The van der Waals surface area contributed by atoms with Crippen molar-refractivity contribution in [1.82, 2.24) is 20.1 Å². The van der Waals surface area contributed by atoms with Gasteiger partial charge in [-0.2, -0.15) is 10.4 Å². The molecule has 6 nitrogen and oxygen atoms in total. The molecule has 0 fully saturated rings. The number of nitriles is 1. The van der Waals surface area contributed by atoms with E-state index in [0.717, 1.165) is 11.3 Å². The van der Waals surface area contributed by atoms with Crippen molar-refractivity contribution in [1.29, 1.82) is 5.26 Å². The van der Waals surface area contributed by atoms with Crippen LogP contribution in [0.25, 0.3) is 16.9 Å². The highest BCUT2D eigenvalue weighted by molar-refractivity contribution is 7.11. The summed E-state index contributed by atoms with van der Waals surface area (Å²) in [6, 6.07) is 13.6. The Morgan fingerprint density at radius 3 is 2.84 bits per heavy atom. The maximum Gasteiger partial charge on any atom is 0.263 e. The van der Waals surface area contributed by atoms with E-state index in [9.17, 15) is 9.18 Å². The number of carbonyl (C=O) groups excluding carboxylic acids is 1. The van der Waals surface area contributed by atoms with Crippen molar-refractivity contribution in [2.45, 2.75) is 19.9 Å². The number of hydrogen-bond acceptors (Lipinski definition) is 5. The van der Waals surface area contributed by atoms with E-state index in [1.807, 2.05) is 13.0 Å². The fourth-order valence-electron chi connectivity index (χ4n) is 3.17. The fourth-order valence-corrected chi connectivity index (χ4v) is 4.19. The molecule has 9 heteroatoms. The Morgan fingerprint density at radius 2 is 2.12 bits per heavy atom. The third-order valence-corrected chi connectivity index (χ3v) is 6.08. The van der Waals surface area contributed by atoms with Crippen molar-refractivity contribution in [3.8, 4) is 23.0 Å². The van der Waals surface area contributed by atoms with Crippen LogP contribution in [-0.4, -0.2) is 20.7 Å². The van der Waals surface area contributed by atoms with Gasteiger partial charge in [0.25, 0.3) is 5.91 Å². The van der Waals surface area contributed by atoms with Gasteiger partial charge in [-0.1, -0.05) is 30.7 Å². The van der Waals surface area contributed by atoms with E-state index in [-0.39, 0.29) is 12.5 Å². The lowest BCUT2D eigenvalue weighted by Gasteiger charge is -2.08. The summed E-state index contributed by atoms with van der Waals surface area (Å²) in [6.45, 7) is 2.00. The van der Waals surface area contributed by atoms with Crippen molar-refractivity contribution in [3.63, 3.8) is 0 Å². The van der Waals surface area contributed by atoms with Crippen molar-refractivity contribution in [2.24, 2.45) is 0 Å². The summed E-state index contributed by atoms with van der Waals surface area (Å²) in [5, 5.41) is 16.6. The number of carbonyl (C=O) groups is 1. The van der Waals surface area contributed by atoms with Crippen molar-refractivity contribution in [3.05, 3.63) is 86.7 Å². The standard InChI is InChI=1S/C23H17ClFN5OS/c1-2-20-22(32-13-28-20)23(31)27-12-16-5-6-17(10-19(16)25)30-8-7-21(29-30)14-3-4-15(11-26)18(24)9-14/h3-10,13H,2,12H2,1H3,(H,27,31). The van der Waals surface area contributed by atoms with E-state index in [0.29, 0.717) is 38.8 Å². The quantitative estimate of drug-likeness (QED) is 0.426. The summed E-state index contributed by atoms with van der Waals surface area (Å²) in [6.07, 6.45) is 2.38. The maximum absolute atomic E-state index is 14.7. The number of halogens is 2. The average molecular weight is 466 g/mol. The molecule has 0 radical (unpaired) electrons. The largest absolute Gasteiger partial charge is 0.347 e. The van der Waals surface area contributed by atoms with Gasteiger partial charge in [0.05, 0.1) is 33.2 Å². The molecule has 0 spiro atoms. The van der Waals surface area contributed by atoms with E-state index < -0.39 is 5.82 Å². The highest BCUT2D eigenvalue weighted by Crippen LogP contribution is 2.25. The highest BCUT2D eigenvalue weighted by atomic mass is 35.5. The smallest absolute Gasteiger partial charge is 0.263 e. The van der Waals surface area contributed by atoms with E-state index in [4.69, 9.17) is 16.9 Å². The Hall–Kier alpha value is -3.54. The second-order valence-corrected chi connectivity index (χ2v) is 8.15. The van der Waals surface area contributed by atoms with E-state index in [1.54, 1.807) is 52.8 Å². The monoisotopic (exact) mass is 465 g/mol. The molecule has 2 aromatic heterocycles. The lowest BCUT2D eigenvalue weighted by molar-refractivity contribution is 0.0953. The zero-order valence-corrected chi connectivity index (χ0v) is 18.5. The summed E-state index contributed by atoms with van der Waals surface area (Å²) in [5.74, 6) is -0.702. The second kappa shape index (κ2) is 9.30. The minimum absolute atomic E-state index is 0.0695. The van der Waals surface area contributed by atoms with E-state index >= 15 is 0 Å². The van der Waals surface area contributed by atoms with Gasteiger partial charge in [0.15, 0.2) is 0 Å². The number of aromatic nitrogens is 3. The zero-order valence-electron chi connectivity index (χ0n) is 17.0. The average Bonchev–Trinajstić information content (AvgIpc) is 3.48. The van der Waals surface area contributed by atoms with Crippen LogP contribution in [0.2, 0.25) is 5.02 Å². The van der Waals surface area contributed by atoms with Crippen LogP contribution in [0.3, 0.4) is 0 Å². The third-order valence-electron chi connectivity index (χ3n) is 4.90. The molecule has 0 aliphatic rings. The molecule has 32 heavy (non-hydrogen) atoms. The molecule has 2 heterocycles. The van der Waals surface area contributed by atoms with Gasteiger partial charge in [-0.15, -0.1) is 11.3 Å².